The van der Waals surface area contributed by atoms with E-state index < -0.39 is 12.3 Å². The van der Waals surface area contributed by atoms with E-state index in [1.54, 1.807) is 0 Å². The lowest BCUT2D eigenvalue weighted by Crippen LogP contribution is -2.27. The molecule has 0 aliphatic rings. The smallest absolute Gasteiger partial charge is 0.273 e. The molecule has 0 radical (unpaired) electrons. The summed E-state index contributed by atoms with van der Waals surface area (Å²) in [5.74, 6) is -0.514. The fourth-order valence-electron chi connectivity index (χ4n) is 1.34. The van der Waals surface area contributed by atoms with Gasteiger partial charge in [0.25, 0.3) is 12.3 Å². The largest absolute Gasteiger partial charge is 0.350 e. The topological polar surface area (TPSA) is 72.7 Å². The van der Waals surface area contributed by atoms with Crippen LogP contribution in [0.4, 0.5) is 8.78 Å². The van der Waals surface area contributed by atoms with Gasteiger partial charge in [-0.25, -0.2) is 13.5 Å². The fraction of sp³-hybridized carbons (Fsp3) is 0.333. The van der Waals surface area contributed by atoms with E-state index in [2.05, 4.69) is 20.8 Å². The molecule has 0 saturated carbocycles. The number of hydrogen-bond donors (Lipinski definition) is 1. The first-order valence-corrected chi connectivity index (χ1v) is 5.91. The van der Waals surface area contributed by atoms with Crippen molar-refractivity contribution in [1.29, 1.82) is 0 Å². The second-order valence-electron chi connectivity index (χ2n) is 3.33. The van der Waals surface area contributed by atoms with E-state index in [-0.39, 0.29) is 17.0 Å². The Bertz CT molecular complexity index is 513. The Hall–Kier alpha value is -1.90. The second kappa shape index (κ2) is 5.63. The molecule has 0 atom stereocenters. The minimum absolute atomic E-state index is 0.0201. The maximum Gasteiger partial charge on any atom is 0.273 e. The van der Waals surface area contributed by atoms with Gasteiger partial charge < -0.3 is 5.32 Å². The SMILES string of the molecule is O=C(NCCn1cnnn1)c1ccsc1C(F)F. The molecular formula is C9H9F2N5OS. The molecular weight excluding hydrogens is 264 g/mol. The summed E-state index contributed by atoms with van der Waals surface area (Å²) >= 11 is 0.869. The van der Waals surface area contributed by atoms with Crippen LogP contribution in [0.5, 0.6) is 0 Å². The second-order valence-corrected chi connectivity index (χ2v) is 4.28. The predicted octanol–water partition coefficient (Wildman–Crippen LogP) is 1.10. The Morgan fingerprint density at radius 3 is 3.06 bits per heavy atom. The molecule has 2 rings (SSSR count). The fourth-order valence-corrected chi connectivity index (χ4v) is 2.08. The Morgan fingerprint density at radius 2 is 2.39 bits per heavy atom. The van der Waals surface area contributed by atoms with E-state index >= 15 is 0 Å². The minimum atomic E-state index is -2.63. The van der Waals surface area contributed by atoms with Crippen LogP contribution in [0.3, 0.4) is 0 Å². The molecule has 1 N–H and O–H groups in total. The molecule has 0 aliphatic heterocycles. The third-order valence-electron chi connectivity index (χ3n) is 2.16. The number of nitrogens with zero attached hydrogens (tertiary/aromatic N) is 4. The van der Waals surface area contributed by atoms with E-state index in [9.17, 15) is 13.6 Å². The van der Waals surface area contributed by atoms with E-state index in [1.807, 2.05) is 0 Å². The quantitative estimate of drug-likeness (QED) is 0.885. The molecule has 96 valence electrons. The average molecular weight is 273 g/mol. The van der Waals surface area contributed by atoms with E-state index in [1.165, 1.54) is 22.5 Å². The average Bonchev–Trinajstić information content (AvgIpc) is 2.99. The van der Waals surface area contributed by atoms with Crippen LogP contribution >= 0.6 is 11.3 Å². The van der Waals surface area contributed by atoms with Gasteiger partial charge in [-0.05, 0) is 21.9 Å². The number of rotatable bonds is 5. The van der Waals surface area contributed by atoms with Crippen LogP contribution in [0.2, 0.25) is 0 Å². The van der Waals surface area contributed by atoms with Gasteiger partial charge in [-0.1, -0.05) is 0 Å². The molecule has 2 heterocycles. The van der Waals surface area contributed by atoms with Crippen LogP contribution in [0.1, 0.15) is 21.7 Å². The monoisotopic (exact) mass is 273 g/mol. The molecule has 0 aliphatic carbocycles. The lowest BCUT2D eigenvalue weighted by Gasteiger charge is -2.05. The summed E-state index contributed by atoms with van der Waals surface area (Å²) < 4.78 is 26.6. The first kappa shape index (κ1) is 12.6. The van der Waals surface area contributed by atoms with E-state index in [0.717, 1.165) is 11.3 Å². The Balaban J connectivity index is 1.89. The van der Waals surface area contributed by atoms with Crippen molar-refractivity contribution < 1.29 is 13.6 Å². The van der Waals surface area contributed by atoms with Gasteiger partial charge in [0, 0.05) is 6.54 Å². The Morgan fingerprint density at radius 1 is 1.56 bits per heavy atom. The first-order valence-electron chi connectivity index (χ1n) is 5.03. The number of halogens is 2. The van der Waals surface area contributed by atoms with Crippen molar-refractivity contribution in [3.8, 4) is 0 Å². The van der Waals surface area contributed by atoms with Gasteiger partial charge >= 0.3 is 0 Å². The van der Waals surface area contributed by atoms with Gasteiger partial charge in [-0.15, -0.1) is 16.4 Å². The zero-order valence-corrected chi connectivity index (χ0v) is 9.90. The van der Waals surface area contributed by atoms with Crippen molar-refractivity contribution in [2.24, 2.45) is 0 Å². The normalized spacial score (nSPS) is 10.8. The molecule has 0 bridgehead atoms. The van der Waals surface area contributed by atoms with Crippen LogP contribution < -0.4 is 5.32 Å². The molecule has 0 saturated heterocycles. The van der Waals surface area contributed by atoms with Gasteiger partial charge in [-0.3, -0.25) is 4.79 Å². The molecule has 2 aromatic heterocycles. The van der Waals surface area contributed by atoms with Gasteiger partial charge in [0.05, 0.1) is 17.0 Å². The van der Waals surface area contributed by atoms with Crippen LogP contribution in [0, 0.1) is 0 Å². The maximum absolute atomic E-state index is 12.6. The molecule has 0 fully saturated rings. The summed E-state index contributed by atoms with van der Waals surface area (Å²) in [5.41, 5.74) is 0.0201. The number of thiophene rings is 1. The van der Waals surface area contributed by atoms with Crippen LogP contribution in [0.15, 0.2) is 17.8 Å². The lowest BCUT2D eigenvalue weighted by atomic mass is 10.2. The summed E-state index contributed by atoms with van der Waals surface area (Å²) in [7, 11) is 0. The number of alkyl halides is 2. The number of nitrogens with one attached hydrogen (secondary N) is 1. The third-order valence-corrected chi connectivity index (χ3v) is 3.08. The predicted molar refractivity (Wildman–Crippen MR) is 59.4 cm³/mol. The number of carbonyl (C=O) groups is 1. The molecule has 18 heavy (non-hydrogen) atoms. The first-order chi connectivity index (χ1) is 8.68. The van der Waals surface area contributed by atoms with Crippen molar-refractivity contribution in [2.45, 2.75) is 13.0 Å². The highest BCUT2D eigenvalue weighted by molar-refractivity contribution is 7.10. The summed E-state index contributed by atoms with van der Waals surface area (Å²) in [6, 6.07) is 1.39. The molecule has 6 nitrogen and oxygen atoms in total. The Kier molecular flexibility index (Phi) is 3.92. The summed E-state index contributed by atoms with van der Waals surface area (Å²) in [6.45, 7) is 0.648. The van der Waals surface area contributed by atoms with Crippen molar-refractivity contribution in [3.63, 3.8) is 0 Å². The molecule has 9 heteroatoms. The van der Waals surface area contributed by atoms with Crippen molar-refractivity contribution in [1.82, 2.24) is 25.5 Å². The standard InChI is InChI=1S/C9H9F2N5OS/c10-8(11)7-6(1-4-18-7)9(17)12-2-3-16-5-13-14-15-16/h1,4-5,8H,2-3H2,(H,12,17). The van der Waals surface area contributed by atoms with E-state index in [4.69, 9.17) is 0 Å². The van der Waals surface area contributed by atoms with Crippen LogP contribution in [-0.2, 0) is 6.54 Å². The number of aromatic nitrogens is 4. The van der Waals surface area contributed by atoms with Crippen molar-refractivity contribution >= 4 is 17.2 Å². The highest BCUT2D eigenvalue weighted by Gasteiger charge is 2.19. The third kappa shape index (κ3) is 2.86. The van der Waals surface area contributed by atoms with Crippen LogP contribution in [-0.4, -0.2) is 32.7 Å². The summed E-state index contributed by atoms with van der Waals surface area (Å²) in [6.07, 6.45) is -1.23. The maximum atomic E-state index is 12.6. The van der Waals surface area contributed by atoms with E-state index in [0.29, 0.717) is 6.54 Å². The van der Waals surface area contributed by atoms with Gasteiger partial charge in [-0.2, -0.15) is 0 Å². The number of amides is 1. The summed E-state index contributed by atoms with van der Waals surface area (Å²) in [5, 5.41) is 14.5. The molecule has 1 amide bonds. The molecule has 0 spiro atoms. The van der Waals surface area contributed by atoms with Crippen LogP contribution in [0.25, 0.3) is 0 Å². The highest BCUT2D eigenvalue weighted by atomic mass is 32.1. The van der Waals surface area contributed by atoms with Crippen molar-refractivity contribution in [2.75, 3.05) is 6.54 Å². The zero-order valence-electron chi connectivity index (χ0n) is 9.08. The highest BCUT2D eigenvalue weighted by Crippen LogP contribution is 2.28. The van der Waals surface area contributed by atoms with Gasteiger partial charge in [0.2, 0.25) is 0 Å². The lowest BCUT2D eigenvalue weighted by molar-refractivity contribution is 0.0940. The molecule has 0 unspecified atom stereocenters. The molecule has 0 aromatic carbocycles. The zero-order chi connectivity index (χ0) is 13.0. The van der Waals surface area contributed by atoms with Crippen molar-refractivity contribution in [3.05, 3.63) is 28.2 Å². The summed E-state index contributed by atoms with van der Waals surface area (Å²) in [4.78, 5) is 11.4. The minimum Gasteiger partial charge on any atom is -0.350 e. The number of carbonyl (C=O) groups excluding carboxylic acids is 1. The number of tetrazole rings is 1. The van der Waals surface area contributed by atoms with Gasteiger partial charge in [0.15, 0.2) is 0 Å². The molecule has 2 aromatic rings. The number of hydrogen-bond acceptors (Lipinski definition) is 5. The van der Waals surface area contributed by atoms with Gasteiger partial charge in [0.1, 0.15) is 6.33 Å². The Labute approximate surface area is 105 Å².